The molecular weight excluding hydrogens is 270 g/mol. The molecule has 2 aromatic rings. The van der Waals surface area contributed by atoms with Crippen LogP contribution in [0, 0.1) is 0 Å². The van der Waals surface area contributed by atoms with Crippen LogP contribution in [0.3, 0.4) is 0 Å². The molecule has 0 aliphatic rings. The molecule has 2 rings (SSSR count). The van der Waals surface area contributed by atoms with Crippen LogP contribution in [-0.2, 0) is 12.8 Å². The maximum absolute atomic E-state index is 6.29. The Morgan fingerprint density at radius 1 is 1.20 bits per heavy atom. The van der Waals surface area contributed by atoms with E-state index in [9.17, 15) is 0 Å². The predicted octanol–water partition coefficient (Wildman–Crippen LogP) is 4.78. The lowest BCUT2D eigenvalue weighted by atomic mass is 9.98. The van der Waals surface area contributed by atoms with Crippen LogP contribution in [0.4, 0.5) is 0 Å². The molecular formula is C17H22ClNO. The Hall–Kier alpha value is -1.25. The second-order valence-electron chi connectivity index (χ2n) is 4.95. The van der Waals surface area contributed by atoms with E-state index in [2.05, 4.69) is 31.3 Å². The molecule has 0 bridgehead atoms. The monoisotopic (exact) mass is 291 g/mol. The summed E-state index contributed by atoms with van der Waals surface area (Å²) < 4.78 is 5.57. The van der Waals surface area contributed by atoms with Gasteiger partial charge in [-0.3, -0.25) is 0 Å². The van der Waals surface area contributed by atoms with Crippen molar-refractivity contribution in [3.63, 3.8) is 0 Å². The average Bonchev–Trinajstić information content (AvgIpc) is 2.93. The number of aryl methyl sites for hydroxylation is 1. The highest BCUT2D eigenvalue weighted by Crippen LogP contribution is 2.26. The number of rotatable bonds is 7. The molecule has 2 nitrogen and oxygen atoms in total. The minimum absolute atomic E-state index is 0.253. The van der Waals surface area contributed by atoms with Gasteiger partial charge in [-0.15, -0.1) is 0 Å². The summed E-state index contributed by atoms with van der Waals surface area (Å²) in [6.45, 7) is 5.29. The summed E-state index contributed by atoms with van der Waals surface area (Å²) in [7, 11) is 0. The van der Waals surface area contributed by atoms with Gasteiger partial charge in [0.15, 0.2) is 0 Å². The standard InChI is InChI=1S/C17H22ClNO/c1-3-10-19-16(14-9-11-20-17(14)4-2)12-13-7-5-6-8-15(13)18/h5-9,11,16,19H,3-4,10,12H2,1-2H3. The number of nitrogens with one attached hydrogen (secondary N) is 1. The molecule has 1 N–H and O–H groups in total. The van der Waals surface area contributed by atoms with E-state index < -0.39 is 0 Å². The molecule has 3 heteroatoms. The molecule has 0 aliphatic heterocycles. The summed E-state index contributed by atoms with van der Waals surface area (Å²) in [5.74, 6) is 1.06. The van der Waals surface area contributed by atoms with Gasteiger partial charge in [0.2, 0.25) is 0 Å². The first-order chi connectivity index (χ1) is 9.76. The van der Waals surface area contributed by atoms with E-state index in [4.69, 9.17) is 16.0 Å². The molecule has 0 spiro atoms. The minimum Gasteiger partial charge on any atom is -0.469 e. The zero-order valence-corrected chi connectivity index (χ0v) is 12.9. The van der Waals surface area contributed by atoms with E-state index in [-0.39, 0.29) is 6.04 Å². The third-order valence-electron chi connectivity index (χ3n) is 3.50. The Morgan fingerprint density at radius 2 is 2.00 bits per heavy atom. The number of hydrogen-bond acceptors (Lipinski definition) is 2. The van der Waals surface area contributed by atoms with Crippen LogP contribution in [0.1, 0.15) is 43.2 Å². The van der Waals surface area contributed by atoms with E-state index in [1.165, 1.54) is 11.1 Å². The van der Waals surface area contributed by atoms with Gasteiger partial charge >= 0.3 is 0 Å². The van der Waals surface area contributed by atoms with Crippen molar-refractivity contribution in [2.45, 2.75) is 39.2 Å². The molecule has 108 valence electrons. The minimum atomic E-state index is 0.253. The van der Waals surface area contributed by atoms with Gasteiger partial charge < -0.3 is 9.73 Å². The lowest BCUT2D eigenvalue weighted by Crippen LogP contribution is -2.24. The Morgan fingerprint density at radius 3 is 2.70 bits per heavy atom. The van der Waals surface area contributed by atoms with E-state index in [0.29, 0.717) is 0 Å². The van der Waals surface area contributed by atoms with Crippen molar-refractivity contribution in [2.75, 3.05) is 6.54 Å². The molecule has 0 amide bonds. The fraction of sp³-hybridized carbons (Fsp3) is 0.412. The number of furan rings is 1. The highest BCUT2D eigenvalue weighted by Gasteiger charge is 2.18. The second-order valence-corrected chi connectivity index (χ2v) is 5.36. The third kappa shape index (κ3) is 3.65. The Labute approximate surface area is 126 Å². The first-order valence-electron chi connectivity index (χ1n) is 7.29. The van der Waals surface area contributed by atoms with Crippen molar-refractivity contribution in [1.82, 2.24) is 5.32 Å². The molecule has 1 heterocycles. The molecule has 1 aromatic heterocycles. The number of hydrogen-bond donors (Lipinski definition) is 1. The van der Waals surface area contributed by atoms with E-state index in [1.807, 2.05) is 18.2 Å². The van der Waals surface area contributed by atoms with Gasteiger partial charge in [0.25, 0.3) is 0 Å². The van der Waals surface area contributed by atoms with Gasteiger partial charge in [-0.05, 0) is 37.1 Å². The molecule has 0 saturated heterocycles. The van der Waals surface area contributed by atoms with Crippen molar-refractivity contribution in [3.05, 3.63) is 58.5 Å². The van der Waals surface area contributed by atoms with Crippen LogP contribution in [0.2, 0.25) is 5.02 Å². The largest absolute Gasteiger partial charge is 0.469 e. The van der Waals surface area contributed by atoms with Crippen molar-refractivity contribution in [1.29, 1.82) is 0 Å². The Balaban J connectivity index is 2.22. The molecule has 20 heavy (non-hydrogen) atoms. The van der Waals surface area contributed by atoms with E-state index in [1.54, 1.807) is 6.26 Å². The predicted molar refractivity (Wildman–Crippen MR) is 84.3 cm³/mol. The second kappa shape index (κ2) is 7.51. The molecule has 1 atom stereocenters. The fourth-order valence-electron chi connectivity index (χ4n) is 2.44. The fourth-order valence-corrected chi connectivity index (χ4v) is 2.66. The van der Waals surface area contributed by atoms with Crippen molar-refractivity contribution >= 4 is 11.6 Å². The molecule has 0 radical (unpaired) electrons. The lowest BCUT2D eigenvalue weighted by molar-refractivity contribution is 0.481. The summed E-state index contributed by atoms with van der Waals surface area (Å²) in [5, 5.41) is 4.43. The molecule has 1 aromatic carbocycles. The van der Waals surface area contributed by atoms with Crippen molar-refractivity contribution in [2.24, 2.45) is 0 Å². The summed E-state index contributed by atoms with van der Waals surface area (Å²) in [6.07, 6.45) is 4.68. The first-order valence-corrected chi connectivity index (χ1v) is 7.67. The zero-order chi connectivity index (χ0) is 14.4. The van der Waals surface area contributed by atoms with Crippen LogP contribution in [0.15, 0.2) is 41.0 Å². The van der Waals surface area contributed by atoms with E-state index >= 15 is 0 Å². The zero-order valence-electron chi connectivity index (χ0n) is 12.2. The molecule has 1 unspecified atom stereocenters. The number of benzene rings is 1. The summed E-state index contributed by atoms with van der Waals surface area (Å²) in [5.41, 5.74) is 2.42. The Bertz CT molecular complexity index is 535. The average molecular weight is 292 g/mol. The quantitative estimate of drug-likeness (QED) is 0.794. The van der Waals surface area contributed by atoms with Gasteiger partial charge in [-0.2, -0.15) is 0 Å². The first kappa shape index (κ1) is 15.1. The Kier molecular flexibility index (Phi) is 5.69. The summed E-state index contributed by atoms with van der Waals surface area (Å²) >= 11 is 6.29. The van der Waals surface area contributed by atoms with Gasteiger partial charge in [0.05, 0.1) is 6.26 Å². The smallest absolute Gasteiger partial charge is 0.108 e. The molecule has 0 fully saturated rings. The maximum atomic E-state index is 6.29. The third-order valence-corrected chi connectivity index (χ3v) is 3.87. The SMILES string of the molecule is CCCNC(Cc1ccccc1Cl)c1ccoc1CC. The topological polar surface area (TPSA) is 25.2 Å². The van der Waals surface area contributed by atoms with Crippen LogP contribution in [-0.4, -0.2) is 6.54 Å². The van der Waals surface area contributed by atoms with Gasteiger partial charge in [0, 0.05) is 23.0 Å². The van der Waals surface area contributed by atoms with Crippen LogP contribution >= 0.6 is 11.6 Å². The van der Waals surface area contributed by atoms with Crippen LogP contribution in [0.25, 0.3) is 0 Å². The van der Waals surface area contributed by atoms with Gasteiger partial charge in [-0.1, -0.05) is 43.6 Å². The van der Waals surface area contributed by atoms with Crippen molar-refractivity contribution in [3.8, 4) is 0 Å². The van der Waals surface area contributed by atoms with Crippen LogP contribution in [0.5, 0.6) is 0 Å². The van der Waals surface area contributed by atoms with Gasteiger partial charge in [-0.25, -0.2) is 0 Å². The normalized spacial score (nSPS) is 12.6. The lowest BCUT2D eigenvalue weighted by Gasteiger charge is -2.19. The van der Waals surface area contributed by atoms with Gasteiger partial charge in [0.1, 0.15) is 5.76 Å². The highest BCUT2D eigenvalue weighted by atomic mass is 35.5. The van der Waals surface area contributed by atoms with E-state index in [0.717, 1.165) is 36.6 Å². The van der Waals surface area contributed by atoms with Crippen LogP contribution < -0.4 is 5.32 Å². The number of halogens is 1. The highest BCUT2D eigenvalue weighted by molar-refractivity contribution is 6.31. The maximum Gasteiger partial charge on any atom is 0.108 e. The summed E-state index contributed by atoms with van der Waals surface area (Å²) in [6, 6.07) is 10.4. The molecule has 0 aliphatic carbocycles. The summed E-state index contributed by atoms with van der Waals surface area (Å²) in [4.78, 5) is 0. The van der Waals surface area contributed by atoms with Crippen molar-refractivity contribution < 1.29 is 4.42 Å². The molecule has 0 saturated carbocycles.